The summed E-state index contributed by atoms with van der Waals surface area (Å²) in [6.45, 7) is 1.20. The molecule has 0 aliphatic heterocycles. The van der Waals surface area contributed by atoms with Crippen molar-refractivity contribution in [1.82, 2.24) is 4.98 Å². The molecule has 1 aromatic rings. The second-order valence-electron chi connectivity index (χ2n) is 4.78. The molecule has 0 aromatic carbocycles. The highest BCUT2D eigenvalue weighted by atomic mass is 15.2. The third-order valence-electron chi connectivity index (χ3n) is 3.20. The van der Waals surface area contributed by atoms with E-state index in [9.17, 15) is 0 Å². The summed E-state index contributed by atoms with van der Waals surface area (Å²) in [7, 11) is 0. The Balaban J connectivity index is 1.77. The van der Waals surface area contributed by atoms with E-state index in [1.54, 1.807) is 6.20 Å². The van der Waals surface area contributed by atoms with Gasteiger partial charge in [-0.3, -0.25) is 0 Å². The zero-order valence-electron chi connectivity index (χ0n) is 8.89. The van der Waals surface area contributed by atoms with Crippen LogP contribution in [0.1, 0.15) is 25.7 Å². The lowest BCUT2D eigenvalue weighted by molar-refractivity contribution is 0.709. The van der Waals surface area contributed by atoms with Crippen LogP contribution >= 0.6 is 0 Å². The minimum absolute atomic E-state index is 0.751. The van der Waals surface area contributed by atoms with Crippen molar-refractivity contribution in [3.63, 3.8) is 0 Å². The van der Waals surface area contributed by atoms with Gasteiger partial charge in [0.15, 0.2) is 0 Å². The molecule has 0 radical (unpaired) electrons. The second kappa shape index (κ2) is 3.40. The van der Waals surface area contributed by atoms with E-state index in [4.69, 9.17) is 5.73 Å². The summed E-state index contributed by atoms with van der Waals surface area (Å²) >= 11 is 0. The predicted octanol–water partition coefficient (Wildman–Crippen LogP) is 2.04. The Labute approximate surface area is 90.3 Å². The first-order valence-electron chi connectivity index (χ1n) is 5.81. The number of hydrogen-bond donors (Lipinski definition) is 1. The van der Waals surface area contributed by atoms with Crippen molar-refractivity contribution in [3.05, 3.63) is 18.3 Å². The minimum atomic E-state index is 0.751. The fourth-order valence-electron chi connectivity index (χ4n) is 1.96. The van der Waals surface area contributed by atoms with Crippen molar-refractivity contribution in [2.24, 2.45) is 5.92 Å². The van der Waals surface area contributed by atoms with Gasteiger partial charge in [-0.25, -0.2) is 4.98 Å². The van der Waals surface area contributed by atoms with Crippen LogP contribution in [0.5, 0.6) is 0 Å². The molecule has 1 aromatic heterocycles. The molecule has 0 amide bonds. The molecule has 0 spiro atoms. The molecule has 2 N–H and O–H groups in total. The van der Waals surface area contributed by atoms with Gasteiger partial charge in [0.25, 0.3) is 0 Å². The first-order valence-corrected chi connectivity index (χ1v) is 5.81. The monoisotopic (exact) mass is 203 g/mol. The number of nitrogen functional groups attached to an aromatic ring is 1. The number of rotatable bonds is 4. The lowest BCUT2D eigenvalue weighted by atomic mass is 10.3. The molecule has 2 fully saturated rings. The summed E-state index contributed by atoms with van der Waals surface area (Å²) in [5, 5.41) is 0. The maximum atomic E-state index is 5.65. The zero-order chi connectivity index (χ0) is 10.3. The molecule has 1 heterocycles. The molecule has 2 saturated carbocycles. The van der Waals surface area contributed by atoms with E-state index in [0.717, 1.165) is 23.5 Å². The van der Waals surface area contributed by atoms with Gasteiger partial charge in [0.05, 0.1) is 11.9 Å². The highest BCUT2D eigenvalue weighted by Crippen LogP contribution is 2.36. The lowest BCUT2D eigenvalue weighted by Crippen LogP contribution is -2.28. The van der Waals surface area contributed by atoms with Gasteiger partial charge in [0.2, 0.25) is 0 Å². The molecule has 0 unspecified atom stereocenters. The number of hydrogen-bond acceptors (Lipinski definition) is 3. The summed E-state index contributed by atoms with van der Waals surface area (Å²) in [4.78, 5) is 6.89. The molecule has 0 atom stereocenters. The van der Waals surface area contributed by atoms with Crippen LogP contribution in [0.25, 0.3) is 0 Å². The number of nitrogens with zero attached hydrogens (tertiary/aromatic N) is 2. The Morgan fingerprint density at radius 3 is 2.60 bits per heavy atom. The van der Waals surface area contributed by atoms with E-state index < -0.39 is 0 Å². The second-order valence-corrected chi connectivity index (χ2v) is 4.78. The lowest BCUT2D eigenvalue weighted by Gasteiger charge is -2.23. The van der Waals surface area contributed by atoms with Crippen molar-refractivity contribution < 1.29 is 0 Å². The average Bonchev–Trinajstić information content (AvgIpc) is 3.10. The topological polar surface area (TPSA) is 42.1 Å². The third-order valence-corrected chi connectivity index (χ3v) is 3.20. The molecule has 3 heteroatoms. The van der Waals surface area contributed by atoms with Gasteiger partial charge in [0, 0.05) is 12.6 Å². The number of aromatic nitrogens is 1. The molecule has 0 saturated heterocycles. The highest BCUT2D eigenvalue weighted by Gasteiger charge is 2.34. The van der Waals surface area contributed by atoms with Crippen molar-refractivity contribution in [2.75, 3.05) is 17.2 Å². The van der Waals surface area contributed by atoms with Crippen LogP contribution in [0.15, 0.2) is 18.3 Å². The summed E-state index contributed by atoms with van der Waals surface area (Å²) in [5.74, 6) is 2.03. The van der Waals surface area contributed by atoms with Crippen molar-refractivity contribution in [2.45, 2.75) is 31.7 Å². The van der Waals surface area contributed by atoms with E-state index in [1.165, 1.54) is 32.2 Å². The minimum Gasteiger partial charge on any atom is -0.397 e. The van der Waals surface area contributed by atoms with E-state index >= 15 is 0 Å². The van der Waals surface area contributed by atoms with Gasteiger partial charge in [-0.2, -0.15) is 0 Å². The first-order chi connectivity index (χ1) is 7.33. The van der Waals surface area contributed by atoms with Crippen LogP contribution < -0.4 is 10.6 Å². The van der Waals surface area contributed by atoms with Gasteiger partial charge in [-0.15, -0.1) is 0 Å². The largest absolute Gasteiger partial charge is 0.397 e. The normalized spacial score (nSPS) is 20.3. The zero-order valence-corrected chi connectivity index (χ0v) is 8.89. The maximum absolute atomic E-state index is 5.65. The standard InChI is InChI=1S/C12H17N3/c13-10-3-6-12(14-7-10)15(11-4-5-11)8-9-1-2-9/h3,6-7,9,11H,1-2,4-5,8,13H2. The van der Waals surface area contributed by atoms with Gasteiger partial charge in [0.1, 0.15) is 5.82 Å². The van der Waals surface area contributed by atoms with E-state index in [0.29, 0.717) is 0 Å². The highest BCUT2D eigenvalue weighted by molar-refractivity contribution is 5.47. The molecule has 3 nitrogen and oxygen atoms in total. The van der Waals surface area contributed by atoms with Gasteiger partial charge in [-0.05, 0) is 43.7 Å². The third kappa shape index (κ3) is 2.06. The van der Waals surface area contributed by atoms with Crippen molar-refractivity contribution in [3.8, 4) is 0 Å². The molecule has 80 valence electrons. The molecule has 15 heavy (non-hydrogen) atoms. The molecule has 2 aliphatic rings. The van der Waals surface area contributed by atoms with Crippen LogP contribution in [-0.4, -0.2) is 17.6 Å². The van der Waals surface area contributed by atoms with E-state index in [2.05, 4.69) is 16.0 Å². The van der Waals surface area contributed by atoms with Crippen LogP contribution in [-0.2, 0) is 0 Å². The fraction of sp³-hybridized carbons (Fsp3) is 0.583. The summed E-state index contributed by atoms with van der Waals surface area (Å²) in [6.07, 6.45) is 7.23. The fourth-order valence-corrected chi connectivity index (χ4v) is 1.96. The molecular formula is C12H17N3. The Morgan fingerprint density at radius 2 is 2.07 bits per heavy atom. The van der Waals surface area contributed by atoms with Crippen molar-refractivity contribution in [1.29, 1.82) is 0 Å². The van der Waals surface area contributed by atoms with Crippen LogP contribution in [0.2, 0.25) is 0 Å². The van der Waals surface area contributed by atoms with Gasteiger partial charge >= 0.3 is 0 Å². The Morgan fingerprint density at radius 1 is 1.27 bits per heavy atom. The summed E-state index contributed by atoms with van der Waals surface area (Å²) < 4.78 is 0. The predicted molar refractivity (Wildman–Crippen MR) is 61.7 cm³/mol. The number of pyridine rings is 1. The summed E-state index contributed by atoms with van der Waals surface area (Å²) in [6, 6.07) is 4.75. The van der Waals surface area contributed by atoms with Crippen LogP contribution in [0, 0.1) is 5.92 Å². The SMILES string of the molecule is Nc1ccc(N(CC2CC2)C2CC2)nc1. The van der Waals surface area contributed by atoms with Crippen LogP contribution in [0.3, 0.4) is 0 Å². The average molecular weight is 203 g/mol. The Kier molecular flexibility index (Phi) is 2.04. The maximum Gasteiger partial charge on any atom is 0.128 e. The first kappa shape index (κ1) is 9.01. The van der Waals surface area contributed by atoms with Crippen molar-refractivity contribution >= 4 is 11.5 Å². The van der Waals surface area contributed by atoms with E-state index in [-0.39, 0.29) is 0 Å². The van der Waals surface area contributed by atoms with Crippen LogP contribution in [0.4, 0.5) is 11.5 Å². The Hall–Kier alpha value is -1.25. The molecular weight excluding hydrogens is 186 g/mol. The molecule has 2 aliphatic carbocycles. The Bertz CT molecular complexity index is 338. The quantitative estimate of drug-likeness (QED) is 0.814. The van der Waals surface area contributed by atoms with Gasteiger partial charge < -0.3 is 10.6 Å². The molecule has 3 rings (SSSR count). The summed E-state index contributed by atoms with van der Waals surface area (Å²) in [5.41, 5.74) is 6.40. The number of nitrogens with two attached hydrogens (primary N) is 1. The smallest absolute Gasteiger partial charge is 0.128 e. The van der Waals surface area contributed by atoms with Gasteiger partial charge in [-0.1, -0.05) is 0 Å². The molecule has 0 bridgehead atoms. The van der Waals surface area contributed by atoms with E-state index in [1.807, 2.05) is 6.07 Å². The number of anilines is 2.